The summed E-state index contributed by atoms with van der Waals surface area (Å²) >= 11 is 0. The van der Waals surface area contributed by atoms with E-state index in [1.807, 2.05) is 73.7 Å². The number of benzene rings is 3. The van der Waals surface area contributed by atoms with Gasteiger partial charge in [-0.05, 0) is 66.9 Å². The van der Waals surface area contributed by atoms with E-state index in [0.29, 0.717) is 5.56 Å². The van der Waals surface area contributed by atoms with E-state index in [1.165, 1.54) is 0 Å². The van der Waals surface area contributed by atoms with Crippen LogP contribution in [0.5, 0.6) is 0 Å². The van der Waals surface area contributed by atoms with Gasteiger partial charge in [-0.15, -0.1) is 0 Å². The molecule has 0 aliphatic carbocycles. The second-order valence-corrected chi connectivity index (χ2v) is 7.16. The van der Waals surface area contributed by atoms with Crippen LogP contribution < -0.4 is 5.43 Å². The molecule has 4 aromatic rings. The summed E-state index contributed by atoms with van der Waals surface area (Å²) in [6.07, 6.45) is 1.66. The van der Waals surface area contributed by atoms with Gasteiger partial charge in [0, 0.05) is 16.9 Å². The van der Waals surface area contributed by atoms with Crippen LogP contribution in [0.1, 0.15) is 27.2 Å². The van der Waals surface area contributed by atoms with Gasteiger partial charge in [-0.3, -0.25) is 4.79 Å². The summed E-state index contributed by atoms with van der Waals surface area (Å²) in [5, 5.41) is 4.09. The number of nitrogens with zero attached hydrogens (tertiary/aromatic N) is 2. The maximum Gasteiger partial charge on any atom is 0.271 e. The number of hydrogen-bond donors (Lipinski definition) is 1. The molecule has 0 radical (unpaired) electrons. The third-order valence-corrected chi connectivity index (χ3v) is 5.09. The van der Waals surface area contributed by atoms with Gasteiger partial charge >= 0.3 is 0 Å². The lowest BCUT2D eigenvalue weighted by atomic mass is 10.1. The third kappa shape index (κ3) is 4.08. The molecule has 1 heterocycles. The van der Waals surface area contributed by atoms with Gasteiger partial charge in [-0.2, -0.15) is 5.10 Å². The van der Waals surface area contributed by atoms with Crippen molar-refractivity contribution in [1.82, 2.24) is 9.99 Å². The molecule has 0 spiro atoms. The van der Waals surface area contributed by atoms with Crippen LogP contribution in [0, 0.1) is 13.8 Å². The first-order valence-electron chi connectivity index (χ1n) is 9.87. The van der Waals surface area contributed by atoms with Crippen molar-refractivity contribution < 1.29 is 4.79 Å². The van der Waals surface area contributed by atoms with Crippen LogP contribution in [0.4, 0.5) is 0 Å². The molecule has 0 saturated carbocycles. The van der Waals surface area contributed by atoms with Crippen LogP contribution in [-0.4, -0.2) is 16.7 Å². The molecule has 4 nitrogen and oxygen atoms in total. The molecule has 0 aliphatic heterocycles. The van der Waals surface area contributed by atoms with Crippen molar-refractivity contribution in [3.05, 3.63) is 113 Å². The number of hydrogen-bond acceptors (Lipinski definition) is 2. The molecule has 1 amide bonds. The highest BCUT2D eigenvalue weighted by atomic mass is 16.2. The molecule has 0 aliphatic rings. The van der Waals surface area contributed by atoms with E-state index in [9.17, 15) is 4.79 Å². The average molecular weight is 393 g/mol. The number of aromatic nitrogens is 1. The van der Waals surface area contributed by atoms with E-state index < -0.39 is 0 Å². The predicted molar refractivity (Wildman–Crippen MR) is 122 cm³/mol. The summed E-state index contributed by atoms with van der Waals surface area (Å²) in [7, 11) is 0. The van der Waals surface area contributed by atoms with Crippen molar-refractivity contribution >= 4 is 12.1 Å². The van der Waals surface area contributed by atoms with Gasteiger partial charge in [0.15, 0.2) is 0 Å². The monoisotopic (exact) mass is 393 g/mol. The Bertz CT molecular complexity index is 1190. The smallest absolute Gasteiger partial charge is 0.271 e. The molecular formula is C26H23N3O. The van der Waals surface area contributed by atoms with E-state index in [2.05, 4.69) is 46.3 Å². The number of rotatable bonds is 5. The SMILES string of the molecule is Cc1ccccc1/C=N/NC(=O)c1ccc(-n2c(C)ccc2-c2ccccc2)cc1. The fraction of sp³-hybridized carbons (Fsp3) is 0.0769. The normalized spacial score (nSPS) is 11.0. The van der Waals surface area contributed by atoms with Gasteiger partial charge in [0.2, 0.25) is 0 Å². The highest BCUT2D eigenvalue weighted by molar-refractivity contribution is 5.95. The second kappa shape index (κ2) is 8.62. The number of hydrazone groups is 1. The van der Waals surface area contributed by atoms with Crippen LogP contribution in [0.2, 0.25) is 0 Å². The fourth-order valence-electron chi connectivity index (χ4n) is 3.43. The first kappa shape index (κ1) is 19.4. The van der Waals surface area contributed by atoms with Crippen molar-refractivity contribution in [3.63, 3.8) is 0 Å². The second-order valence-electron chi connectivity index (χ2n) is 7.16. The van der Waals surface area contributed by atoms with Crippen molar-refractivity contribution in [2.24, 2.45) is 5.10 Å². The van der Waals surface area contributed by atoms with Gasteiger partial charge in [0.05, 0.1) is 11.9 Å². The molecule has 148 valence electrons. The molecule has 1 N–H and O–H groups in total. The highest BCUT2D eigenvalue weighted by Gasteiger charge is 2.10. The molecule has 3 aromatic carbocycles. The summed E-state index contributed by atoms with van der Waals surface area (Å²) in [5.74, 6) is -0.237. The van der Waals surface area contributed by atoms with Crippen molar-refractivity contribution in [2.45, 2.75) is 13.8 Å². The number of aryl methyl sites for hydroxylation is 2. The van der Waals surface area contributed by atoms with E-state index in [1.54, 1.807) is 6.21 Å². The van der Waals surface area contributed by atoms with Crippen LogP contribution in [0.25, 0.3) is 16.9 Å². The van der Waals surface area contributed by atoms with Gasteiger partial charge in [0.25, 0.3) is 5.91 Å². The zero-order valence-corrected chi connectivity index (χ0v) is 17.0. The fourth-order valence-corrected chi connectivity index (χ4v) is 3.43. The van der Waals surface area contributed by atoms with Gasteiger partial charge in [0.1, 0.15) is 0 Å². The highest BCUT2D eigenvalue weighted by Crippen LogP contribution is 2.26. The summed E-state index contributed by atoms with van der Waals surface area (Å²) in [4.78, 5) is 12.4. The topological polar surface area (TPSA) is 46.4 Å². The van der Waals surface area contributed by atoms with Gasteiger partial charge < -0.3 is 4.57 Å². The minimum atomic E-state index is -0.237. The standard InChI is InChI=1S/C26H23N3O/c1-19-8-6-7-11-23(19)18-27-28-26(30)22-13-15-24(16-14-22)29-20(2)12-17-25(29)21-9-4-3-5-10-21/h3-18H,1-2H3,(H,28,30)/b27-18+. The number of carbonyl (C=O) groups is 1. The van der Waals surface area contributed by atoms with Gasteiger partial charge in [-0.1, -0.05) is 54.6 Å². The molecule has 0 fully saturated rings. The lowest BCUT2D eigenvalue weighted by Gasteiger charge is -2.12. The molecule has 4 heteroatoms. The minimum absolute atomic E-state index is 0.237. The van der Waals surface area contributed by atoms with Crippen molar-refractivity contribution in [2.75, 3.05) is 0 Å². The summed E-state index contributed by atoms with van der Waals surface area (Å²) in [6.45, 7) is 4.09. The first-order chi connectivity index (χ1) is 14.6. The Hall–Kier alpha value is -3.92. The third-order valence-electron chi connectivity index (χ3n) is 5.09. The minimum Gasteiger partial charge on any atom is -0.314 e. The molecule has 0 unspecified atom stereocenters. The van der Waals surface area contributed by atoms with E-state index in [0.717, 1.165) is 33.8 Å². The Morgan fingerprint density at radius 1 is 0.833 bits per heavy atom. The van der Waals surface area contributed by atoms with E-state index >= 15 is 0 Å². The Kier molecular flexibility index (Phi) is 5.57. The Labute approximate surface area is 176 Å². The van der Waals surface area contributed by atoms with E-state index in [4.69, 9.17) is 0 Å². The summed E-state index contributed by atoms with van der Waals surface area (Å²) in [6, 6.07) is 29.9. The molecular weight excluding hydrogens is 370 g/mol. The quantitative estimate of drug-likeness (QED) is 0.352. The summed E-state index contributed by atoms with van der Waals surface area (Å²) < 4.78 is 2.19. The van der Waals surface area contributed by atoms with Crippen LogP contribution in [-0.2, 0) is 0 Å². The van der Waals surface area contributed by atoms with E-state index in [-0.39, 0.29) is 5.91 Å². The molecule has 30 heavy (non-hydrogen) atoms. The van der Waals surface area contributed by atoms with Crippen LogP contribution >= 0.6 is 0 Å². The lowest BCUT2D eigenvalue weighted by molar-refractivity contribution is 0.0955. The van der Waals surface area contributed by atoms with Crippen molar-refractivity contribution in [3.8, 4) is 16.9 Å². The summed E-state index contributed by atoms with van der Waals surface area (Å²) in [5.41, 5.74) is 9.66. The Morgan fingerprint density at radius 3 is 2.27 bits per heavy atom. The Morgan fingerprint density at radius 2 is 1.53 bits per heavy atom. The largest absolute Gasteiger partial charge is 0.314 e. The first-order valence-corrected chi connectivity index (χ1v) is 9.87. The van der Waals surface area contributed by atoms with Gasteiger partial charge in [-0.25, -0.2) is 5.43 Å². The lowest BCUT2D eigenvalue weighted by Crippen LogP contribution is -2.17. The predicted octanol–water partition coefficient (Wildman–Crippen LogP) is 5.53. The zero-order valence-electron chi connectivity index (χ0n) is 17.0. The van der Waals surface area contributed by atoms with Crippen molar-refractivity contribution in [1.29, 1.82) is 0 Å². The van der Waals surface area contributed by atoms with Crippen LogP contribution in [0.15, 0.2) is 96.1 Å². The molecule has 1 aromatic heterocycles. The number of amides is 1. The molecule has 0 atom stereocenters. The number of carbonyl (C=O) groups excluding carboxylic acids is 1. The molecule has 0 bridgehead atoms. The van der Waals surface area contributed by atoms with Crippen LogP contribution in [0.3, 0.4) is 0 Å². The maximum absolute atomic E-state index is 12.4. The average Bonchev–Trinajstić information content (AvgIpc) is 3.17. The zero-order chi connectivity index (χ0) is 20.9. The Balaban J connectivity index is 1.52. The molecule has 4 rings (SSSR count). The maximum atomic E-state index is 12.4. The molecule has 0 saturated heterocycles. The number of nitrogens with one attached hydrogen (secondary N) is 1.